The Labute approximate surface area is 152 Å². The van der Waals surface area contributed by atoms with Crippen molar-refractivity contribution in [1.82, 2.24) is 9.13 Å². The van der Waals surface area contributed by atoms with Crippen LogP contribution in [0, 0.1) is 16.7 Å². The molecule has 0 radical (unpaired) electrons. The van der Waals surface area contributed by atoms with Crippen LogP contribution in [0.15, 0.2) is 50.4 Å². The number of aromatic hydroxyl groups is 1. The van der Waals surface area contributed by atoms with Crippen LogP contribution in [0.4, 0.5) is 0 Å². The number of allylic oxidation sites excluding steroid dienone is 1. The van der Waals surface area contributed by atoms with Crippen LogP contribution < -0.4 is 11.2 Å². The zero-order valence-electron chi connectivity index (χ0n) is 14.0. The highest BCUT2D eigenvalue weighted by Crippen LogP contribution is 2.44. The molecular formula is C18H14N4O3S. The van der Waals surface area contributed by atoms with Gasteiger partial charge in [-0.3, -0.25) is 19.3 Å². The third kappa shape index (κ3) is 2.68. The Bertz CT molecular complexity index is 1150. The zero-order chi connectivity index (χ0) is 19.0. The molecule has 0 amide bonds. The van der Waals surface area contributed by atoms with E-state index in [0.29, 0.717) is 10.5 Å². The summed E-state index contributed by atoms with van der Waals surface area (Å²) in [6.45, 7) is 0. The molecule has 2 aromatic rings. The first kappa shape index (κ1) is 17.5. The molecule has 0 unspecified atom stereocenters. The van der Waals surface area contributed by atoms with Crippen molar-refractivity contribution >= 4 is 28.5 Å². The second-order valence-electron chi connectivity index (χ2n) is 5.61. The van der Waals surface area contributed by atoms with Gasteiger partial charge in [0.2, 0.25) is 5.88 Å². The SMILES string of the molecule is Cn1c(O)c(C=C2SC(=N)C(C#N)=C2c2ccccc2)c(=O)n(C)c1=O. The normalized spacial score (nSPS) is 15.6. The average molecular weight is 366 g/mol. The van der Waals surface area contributed by atoms with Gasteiger partial charge in [0.15, 0.2) is 0 Å². The van der Waals surface area contributed by atoms with E-state index in [9.17, 15) is 20.0 Å². The summed E-state index contributed by atoms with van der Waals surface area (Å²) < 4.78 is 1.87. The molecule has 0 spiro atoms. The molecule has 2 heterocycles. The lowest BCUT2D eigenvalue weighted by Crippen LogP contribution is -2.37. The minimum absolute atomic E-state index is 0.0683. The summed E-state index contributed by atoms with van der Waals surface area (Å²) in [4.78, 5) is 24.8. The van der Waals surface area contributed by atoms with Gasteiger partial charge in [0.05, 0.1) is 5.57 Å². The van der Waals surface area contributed by atoms with E-state index in [1.165, 1.54) is 20.2 Å². The van der Waals surface area contributed by atoms with Gasteiger partial charge in [-0.25, -0.2) is 4.79 Å². The number of hydrogen-bond acceptors (Lipinski definition) is 6. The lowest BCUT2D eigenvalue weighted by Gasteiger charge is -2.09. The van der Waals surface area contributed by atoms with Crippen LogP contribution in [0.1, 0.15) is 11.1 Å². The maximum Gasteiger partial charge on any atom is 0.333 e. The maximum absolute atomic E-state index is 12.4. The van der Waals surface area contributed by atoms with Gasteiger partial charge in [-0.1, -0.05) is 42.1 Å². The molecule has 2 N–H and O–H groups in total. The fraction of sp³-hybridized carbons (Fsp3) is 0.111. The van der Waals surface area contributed by atoms with Crippen molar-refractivity contribution in [3.8, 4) is 11.9 Å². The molecular weight excluding hydrogens is 352 g/mol. The van der Waals surface area contributed by atoms with Gasteiger partial charge in [0.25, 0.3) is 5.56 Å². The van der Waals surface area contributed by atoms with Gasteiger partial charge >= 0.3 is 5.69 Å². The Morgan fingerprint density at radius 3 is 2.46 bits per heavy atom. The quantitative estimate of drug-likeness (QED) is 0.842. The zero-order valence-corrected chi connectivity index (χ0v) is 14.8. The molecule has 0 aliphatic carbocycles. The third-order valence-corrected chi connectivity index (χ3v) is 5.00. The average Bonchev–Trinajstić information content (AvgIpc) is 2.97. The van der Waals surface area contributed by atoms with Gasteiger partial charge in [0, 0.05) is 24.6 Å². The van der Waals surface area contributed by atoms with E-state index in [1.807, 2.05) is 24.3 Å². The molecule has 26 heavy (non-hydrogen) atoms. The van der Waals surface area contributed by atoms with Crippen LogP contribution in [0.3, 0.4) is 0 Å². The summed E-state index contributed by atoms with van der Waals surface area (Å²) in [6.07, 6.45) is 1.42. The Hall–Kier alpha value is -3.31. The summed E-state index contributed by atoms with van der Waals surface area (Å²) in [7, 11) is 2.68. The van der Waals surface area contributed by atoms with Gasteiger partial charge < -0.3 is 5.11 Å². The molecule has 3 rings (SSSR count). The van der Waals surface area contributed by atoms with Crippen molar-refractivity contribution in [2.75, 3.05) is 0 Å². The molecule has 7 nitrogen and oxygen atoms in total. The molecule has 0 fully saturated rings. The predicted molar refractivity (Wildman–Crippen MR) is 101 cm³/mol. The largest absolute Gasteiger partial charge is 0.494 e. The van der Waals surface area contributed by atoms with Crippen molar-refractivity contribution in [3.05, 3.63) is 72.8 Å². The third-order valence-electron chi connectivity index (χ3n) is 4.05. The lowest BCUT2D eigenvalue weighted by molar-refractivity contribution is 0.410. The van der Waals surface area contributed by atoms with E-state index >= 15 is 0 Å². The first-order chi connectivity index (χ1) is 12.4. The van der Waals surface area contributed by atoms with Crippen LogP contribution >= 0.6 is 11.8 Å². The molecule has 0 atom stereocenters. The predicted octanol–water partition coefficient (Wildman–Crippen LogP) is 1.83. The van der Waals surface area contributed by atoms with Crippen molar-refractivity contribution < 1.29 is 5.11 Å². The number of thioether (sulfide) groups is 1. The van der Waals surface area contributed by atoms with Crippen LogP contribution in [0.2, 0.25) is 0 Å². The van der Waals surface area contributed by atoms with Crippen LogP contribution in [-0.2, 0) is 14.1 Å². The highest BCUT2D eigenvalue weighted by Gasteiger charge is 2.28. The monoisotopic (exact) mass is 366 g/mol. The van der Waals surface area contributed by atoms with E-state index in [0.717, 1.165) is 26.5 Å². The summed E-state index contributed by atoms with van der Waals surface area (Å²) in [6, 6.07) is 11.1. The lowest BCUT2D eigenvalue weighted by atomic mass is 9.99. The Morgan fingerprint density at radius 1 is 1.19 bits per heavy atom. The minimum atomic E-state index is -0.650. The summed E-state index contributed by atoms with van der Waals surface area (Å²) in [5.74, 6) is -0.462. The van der Waals surface area contributed by atoms with Gasteiger partial charge in [-0.05, 0) is 11.6 Å². The number of benzene rings is 1. The molecule has 0 saturated heterocycles. The summed E-state index contributed by atoms with van der Waals surface area (Å²) >= 11 is 1.03. The maximum atomic E-state index is 12.4. The second kappa shape index (κ2) is 6.54. The molecule has 130 valence electrons. The summed E-state index contributed by atoms with van der Waals surface area (Å²) in [5.41, 5.74) is 0.0942. The first-order valence-electron chi connectivity index (χ1n) is 7.54. The molecule has 1 aromatic heterocycles. The number of nitrogens with one attached hydrogen (secondary N) is 1. The van der Waals surface area contributed by atoms with Crippen LogP contribution in [-0.4, -0.2) is 19.3 Å². The van der Waals surface area contributed by atoms with Crippen molar-refractivity contribution in [2.45, 2.75) is 0 Å². The van der Waals surface area contributed by atoms with Crippen LogP contribution in [0.5, 0.6) is 5.88 Å². The van der Waals surface area contributed by atoms with Gasteiger partial charge in [-0.2, -0.15) is 5.26 Å². The number of nitrogens with zero attached hydrogens (tertiary/aromatic N) is 3. The van der Waals surface area contributed by atoms with E-state index in [2.05, 4.69) is 0 Å². The van der Waals surface area contributed by atoms with E-state index in [4.69, 9.17) is 5.41 Å². The smallest absolute Gasteiger partial charge is 0.333 e. The number of hydrogen-bond donors (Lipinski definition) is 2. The number of aromatic nitrogens is 2. The molecule has 0 saturated carbocycles. The fourth-order valence-corrected chi connectivity index (χ4v) is 3.63. The van der Waals surface area contributed by atoms with Crippen molar-refractivity contribution in [2.24, 2.45) is 14.1 Å². The van der Waals surface area contributed by atoms with E-state index < -0.39 is 17.1 Å². The van der Waals surface area contributed by atoms with Crippen molar-refractivity contribution in [3.63, 3.8) is 0 Å². The van der Waals surface area contributed by atoms with Gasteiger partial charge in [-0.15, -0.1) is 0 Å². The molecule has 1 aromatic carbocycles. The van der Waals surface area contributed by atoms with E-state index in [-0.39, 0.29) is 16.2 Å². The Balaban J connectivity index is 2.30. The van der Waals surface area contributed by atoms with E-state index in [1.54, 1.807) is 12.1 Å². The van der Waals surface area contributed by atoms with Crippen LogP contribution in [0.25, 0.3) is 11.6 Å². The number of rotatable bonds is 2. The molecule has 1 aliphatic heterocycles. The fourth-order valence-electron chi connectivity index (χ4n) is 2.67. The highest BCUT2D eigenvalue weighted by molar-refractivity contribution is 8.18. The first-order valence-corrected chi connectivity index (χ1v) is 8.36. The standard InChI is InChI=1S/C18H14N4O3S/c1-21-16(23)11(17(24)22(2)18(21)25)8-13-14(10-6-4-3-5-7-10)12(9-19)15(20)26-13/h3-8,20,23H,1-2H3. The molecule has 0 bridgehead atoms. The molecule has 1 aliphatic rings. The minimum Gasteiger partial charge on any atom is -0.494 e. The second-order valence-corrected chi connectivity index (χ2v) is 6.66. The topological polar surface area (TPSA) is 112 Å². The summed E-state index contributed by atoms with van der Waals surface area (Å²) in [5, 5.41) is 27.8. The highest BCUT2D eigenvalue weighted by atomic mass is 32.2. The molecule has 8 heteroatoms. The Kier molecular flexibility index (Phi) is 4.40. The van der Waals surface area contributed by atoms with Gasteiger partial charge in [0.1, 0.15) is 16.7 Å². The van der Waals surface area contributed by atoms with Crippen molar-refractivity contribution in [1.29, 1.82) is 10.7 Å². The number of nitriles is 1. The Morgan fingerprint density at radius 2 is 1.85 bits per heavy atom.